The number of hydrogen-bond acceptors (Lipinski definition) is 0. The van der Waals surface area contributed by atoms with Crippen LogP contribution in [0.5, 0.6) is 0 Å². The summed E-state index contributed by atoms with van der Waals surface area (Å²) in [5.41, 5.74) is 1.31. The zero-order valence-electron chi connectivity index (χ0n) is 8.33. The highest BCUT2D eigenvalue weighted by Crippen LogP contribution is 2.25. The van der Waals surface area contributed by atoms with Crippen LogP contribution < -0.4 is 0 Å². The van der Waals surface area contributed by atoms with E-state index in [4.69, 9.17) is 0 Å². The lowest BCUT2D eigenvalue weighted by atomic mass is 9.87. The molecule has 0 aliphatic rings. The topological polar surface area (TPSA) is 0 Å². The monoisotopic (exact) mass is 180 g/mol. The third kappa shape index (κ3) is 2.83. The lowest BCUT2D eigenvalue weighted by molar-refractivity contribution is 0.371. The Morgan fingerprint density at radius 2 is 1.77 bits per heavy atom. The highest BCUT2D eigenvalue weighted by atomic mass is 19.1. The smallest absolute Gasteiger partial charge is 0.0897 e. The van der Waals surface area contributed by atoms with Crippen LogP contribution in [0.2, 0.25) is 0 Å². The van der Waals surface area contributed by atoms with Crippen LogP contribution in [0.25, 0.3) is 0 Å². The molecule has 72 valence electrons. The van der Waals surface area contributed by atoms with Gasteiger partial charge in [0.15, 0.2) is 0 Å². The molecule has 13 heavy (non-hydrogen) atoms. The maximum Gasteiger partial charge on any atom is 0.0897 e. The summed E-state index contributed by atoms with van der Waals surface area (Å²) < 4.78 is 12.1. The predicted octanol–water partition coefficient (Wildman–Crippen LogP) is 3.79. The van der Waals surface area contributed by atoms with E-state index in [1.54, 1.807) is 0 Å². The molecule has 0 saturated heterocycles. The van der Waals surface area contributed by atoms with Crippen molar-refractivity contribution in [2.24, 2.45) is 5.92 Å². The highest BCUT2D eigenvalue weighted by Gasteiger charge is 2.13. The molecule has 0 saturated carbocycles. The van der Waals surface area contributed by atoms with E-state index in [2.05, 4.69) is 26.0 Å². The van der Waals surface area contributed by atoms with Crippen LogP contribution in [0.1, 0.15) is 31.7 Å². The number of hydrogen-bond donors (Lipinski definition) is 0. The van der Waals surface area contributed by atoms with Crippen LogP contribution in [-0.4, -0.2) is 6.67 Å². The fourth-order valence-corrected chi connectivity index (χ4v) is 1.51. The van der Waals surface area contributed by atoms with Crippen LogP contribution >= 0.6 is 0 Å². The molecule has 1 heteroatoms. The quantitative estimate of drug-likeness (QED) is 0.661. The summed E-state index contributed by atoms with van der Waals surface area (Å²) in [6.07, 6.45) is 0.663. The zero-order chi connectivity index (χ0) is 9.68. The first-order valence-corrected chi connectivity index (χ1v) is 4.86. The molecule has 0 amide bonds. The molecule has 0 fully saturated rings. The second-order valence-corrected chi connectivity index (χ2v) is 3.65. The molecule has 0 aliphatic carbocycles. The molecule has 0 heterocycles. The van der Waals surface area contributed by atoms with Crippen molar-refractivity contribution < 1.29 is 4.39 Å². The average molecular weight is 180 g/mol. The molecule has 0 N–H and O–H groups in total. The SMILES string of the molecule is CC(CCF)C(C)c1ccccc1. The van der Waals surface area contributed by atoms with Gasteiger partial charge in [0.1, 0.15) is 0 Å². The third-order valence-corrected chi connectivity index (χ3v) is 2.74. The lowest BCUT2D eigenvalue weighted by Gasteiger charge is -2.18. The molecule has 0 nitrogen and oxygen atoms in total. The summed E-state index contributed by atoms with van der Waals surface area (Å²) in [5, 5.41) is 0. The average Bonchev–Trinajstić information content (AvgIpc) is 2.18. The van der Waals surface area contributed by atoms with Gasteiger partial charge < -0.3 is 0 Å². The van der Waals surface area contributed by atoms with Gasteiger partial charge in [-0.1, -0.05) is 44.2 Å². The normalized spacial score (nSPS) is 15.3. The minimum atomic E-state index is -0.210. The molecule has 0 radical (unpaired) electrons. The van der Waals surface area contributed by atoms with E-state index >= 15 is 0 Å². The Bertz CT molecular complexity index is 230. The van der Waals surface area contributed by atoms with E-state index in [1.165, 1.54) is 5.56 Å². The van der Waals surface area contributed by atoms with Gasteiger partial charge in [0.2, 0.25) is 0 Å². The predicted molar refractivity (Wildman–Crippen MR) is 54.6 cm³/mol. The Labute approximate surface area is 79.8 Å². The Morgan fingerprint density at radius 1 is 1.15 bits per heavy atom. The van der Waals surface area contributed by atoms with Gasteiger partial charge in [-0.2, -0.15) is 0 Å². The van der Waals surface area contributed by atoms with Crippen molar-refractivity contribution in [1.82, 2.24) is 0 Å². The van der Waals surface area contributed by atoms with Gasteiger partial charge in [-0.15, -0.1) is 0 Å². The summed E-state index contributed by atoms with van der Waals surface area (Å²) in [6.45, 7) is 4.06. The second kappa shape index (κ2) is 5.00. The van der Waals surface area contributed by atoms with Gasteiger partial charge in [-0.05, 0) is 23.8 Å². The molecule has 1 aromatic rings. The molecule has 0 aliphatic heterocycles. The van der Waals surface area contributed by atoms with E-state index in [-0.39, 0.29) is 6.67 Å². The van der Waals surface area contributed by atoms with Gasteiger partial charge in [-0.3, -0.25) is 4.39 Å². The fraction of sp³-hybridized carbons (Fsp3) is 0.500. The summed E-state index contributed by atoms with van der Waals surface area (Å²) in [4.78, 5) is 0. The first-order valence-electron chi connectivity index (χ1n) is 4.86. The van der Waals surface area contributed by atoms with Crippen molar-refractivity contribution in [2.75, 3.05) is 6.67 Å². The molecule has 1 aromatic carbocycles. The maximum absolute atomic E-state index is 12.1. The van der Waals surface area contributed by atoms with Gasteiger partial charge in [0, 0.05) is 0 Å². The van der Waals surface area contributed by atoms with Crippen molar-refractivity contribution in [1.29, 1.82) is 0 Å². The van der Waals surface area contributed by atoms with Crippen molar-refractivity contribution in [3.63, 3.8) is 0 Å². The van der Waals surface area contributed by atoms with E-state index in [1.807, 2.05) is 18.2 Å². The van der Waals surface area contributed by atoms with E-state index in [0.717, 1.165) is 0 Å². The maximum atomic E-state index is 12.1. The van der Waals surface area contributed by atoms with Crippen LogP contribution in [-0.2, 0) is 0 Å². The molecule has 2 unspecified atom stereocenters. The van der Waals surface area contributed by atoms with Crippen LogP contribution in [0, 0.1) is 5.92 Å². The Balaban J connectivity index is 2.62. The number of halogens is 1. The van der Waals surface area contributed by atoms with Crippen molar-refractivity contribution in [3.8, 4) is 0 Å². The Hall–Kier alpha value is -0.850. The summed E-state index contributed by atoms with van der Waals surface area (Å²) in [6, 6.07) is 10.3. The van der Waals surface area contributed by atoms with E-state index in [0.29, 0.717) is 18.3 Å². The molecule has 0 spiro atoms. The standard InChI is InChI=1S/C12H17F/c1-10(8-9-13)11(2)12-6-4-3-5-7-12/h3-7,10-11H,8-9H2,1-2H3. The van der Waals surface area contributed by atoms with Crippen LogP contribution in [0.3, 0.4) is 0 Å². The molecule has 0 bridgehead atoms. The first-order chi connectivity index (χ1) is 6.25. The van der Waals surface area contributed by atoms with Crippen molar-refractivity contribution in [3.05, 3.63) is 35.9 Å². The Morgan fingerprint density at radius 3 is 2.31 bits per heavy atom. The minimum absolute atomic E-state index is 0.210. The molecule has 0 aromatic heterocycles. The first kappa shape index (κ1) is 10.2. The number of benzene rings is 1. The van der Waals surface area contributed by atoms with Gasteiger partial charge in [-0.25, -0.2) is 0 Å². The molecule has 1 rings (SSSR count). The number of rotatable bonds is 4. The third-order valence-electron chi connectivity index (χ3n) is 2.74. The van der Waals surface area contributed by atoms with E-state index < -0.39 is 0 Å². The minimum Gasteiger partial charge on any atom is -0.251 e. The van der Waals surface area contributed by atoms with Crippen LogP contribution in [0.15, 0.2) is 30.3 Å². The Kier molecular flexibility index (Phi) is 3.94. The fourth-order valence-electron chi connectivity index (χ4n) is 1.51. The second-order valence-electron chi connectivity index (χ2n) is 3.65. The lowest BCUT2D eigenvalue weighted by Crippen LogP contribution is -2.06. The molecular formula is C12H17F. The zero-order valence-corrected chi connectivity index (χ0v) is 8.33. The molecular weight excluding hydrogens is 163 g/mol. The van der Waals surface area contributed by atoms with Crippen molar-refractivity contribution in [2.45, 2.75) is 26.2 Å². The van der Waals surface area contributed by atoms with Crippen LogP contribution in [0.4, 0.5) is 4.39 Å². The van der Waals surface area contributed by atoms with Gasteiger partial charge in [0.05, 0.1) is 6.67 Å². The largest absolute Gasteiger partial charge is 0.251 e. The summed E-state index contributed by atoms with van der Waals surface area (Å²) in [5.74, 6) is 0.879. The number of alkyl halides is 1. The van der Waals surface area contributed by atoms with E-state index in [9.17, 15) is 4.39 Å². The highest BCUT2D eigenvalue weighted by molar-refractivity contribution is 5.19. The van der Waals surface area contributed by atoms with Crippen molar-refractivity contribution >= 4 is 0 Å². The van der Waals surface area contributed by atoms with Gasteiger partial charge >= 0.3 is 0 Å². The molecule has 2 atom stereocenters. The van der Waals surface area contributed by atoms with Gasteiger partial charge in [0.25, 0.3) is 0 Å². The summed E-state index contributed by atoms with van der Waals surface area (Å²) >= 11 is 0. The summed E-state index contributed by atoms with van der Waals surface area (Å²) in [7, 11) is 0.